The van der Waals surface area contributed by atoms with E-state index in [1.54, 1.807) is 0 Å². The number of nitrogens with two attached hydrogens (primary N) is 1. The van der Waals surface area contributed by atoms with Gasteiger partial charge in [-0.05, 0) is 30.5 Å². The topological polar surface area (TPSA) is 35.2 Å². The summed E-state index contributed by atoms with van der Waals surface area (Å²) in [6.45, 7) is 6.66. The van der Waals surface area contributed by atoms with Crippen LogP contribution in [0.3, 0.4) is 0 Å². The first-order valence-electron chi connectivity index (χ1n) is 6.60. The lowest BCUT2D eigenvalue weighted by molar-refractivity contribution is 0.303. The SMILES string of the molecule is CC(C)(C)SCC(N)c1cccc(OC2CC2)c1. The third kappa shape index (κ3) is 4.54. The van der Waals surface area contributed by atoms with Crippen molar-refractivity contribution in [1.82, 2.24) is 0 Å². The van der Waals surface area contributed by atoms with E-state index in [9.17, 15) is 0 Å². The van der Waals surface area contributed by atoms with E-state index in [2.05, 4.69) is 32.9 Å². The number of ether oxygens (including phenoxy) is 1. The second-order valence-electron chi connectivity index (χ2n) is 5.92. The predicted octanol–water partition coefficient (Wildman–Crippen LogP) is 3.76. The number of benzene rings is 1. The molecule has 0 bridgehead atoms. The van der Waals surface area contributed by atoms with Gasteiger partial charge in [0.1, 0.15) is 5.75 Å². The van der Waals surface area contributed by atoms with Crippen LogP contribution >= 0.6 is 11.8 Å². The van der Waals surface area contributed by atoms with Crippen molar-refractivity contribution in [3.05, 3.63) is 29.8 Å². The molecule has 1 unspecified atom stereocenters. The Kier molecular flexibility index (Phi) is 4.23. The summed E-state index contributed by atoms with van der Waals surface area (Å²) in [6.07, 6.45) is 2.83. The molecule has 2 rings (SSSR count). The molecule has 0 amide bonds. The van der Waals surface area contributed by atoms with Crippen molar-refractivity contribution in [3.63, 3.8) is 0 Å². The average molecular weight is 265 g/mol. The molecular weight excluding hydrogens is 242 g/mol. The van der Waals surface area contributed by atoms with Gasteiger partial charge in [-0.1, -0.05) is 32.9 Å². The largest absolute Gasteiger partial charge is 0.490 e. The van der Waals surface area contributed by atoms with Crippen LogP contribution in [0.15, 0.2) is 24.3 Å². The molecule has 18 heavy (non-hydrogen) atoms. The molecule has 2 N–H and O–H groups in total. The Morgan fingerprint density at radius 1 is 1.39 bits per heavy atom. The third-order valence-electron chi connectivity index (χ3n) is 2.81. The molecule has 1 atom stereocenters. The van der Waals surface area contributed by atoms with Crippen molar-refractivity contribution < 1.29 is 4.74 Å². The minimum atomic E-state index is 0.0805. The molecule has 1 aliphatic rings. The predicted molar refractivity (Wildman–Crippen MR) is 79.2 cm³/mol. The Balaban J connectivity index is 1.93. The number of hydrogen-bond acceptors (Lipinski definition) is 3. The van der Waals surface area contributed by atoms with Crippen molar-refractivity contribution in [3.8, 4) is 5.75 Å². The van der Waals surface area contributed by atoms with Crippen LogP contribution in [0.25, 0.3) is 0 Å². The van der Waals surface area contributed by atoms with Crippen molar-refractivity contribution in [1.29, 1.82) is 0 Å². The monoisotopic (exact) mass is 265 g/mol. The molecule has 3 heteroatoms. The van der Waals surface area contributed by atoms with Gasteiger partial charge in [-0.2, -0.15) is 11.8 Å². The maximum absolute atomic E-state index is 6.24. The molecule has 0 aliphatic heterocycles. The lowest BCUT2D eigenvalue weighted by atomic mass is 10.1. The maximum atomic E-state index is 6.24. The van der Waals surface area contributed by atoms with Gasteiger partial charge in [0.2, 0.25) is 0 Å². The van der Waals surface area contributed by atoms with Gasteiger partial charge in [0.15, 0.2) is 0 Å². The lowest BCUT2D eigenvalue weighted by Crippen LogP contribution is -2.18. The Labute approximate surface area is 114 Å². The van der Waals surface area contributed by atoms with Crippen LogP contribution in [-0.4, -0.2) is 16.6 Å². The van der Waals surface area contributed by atoms with Crippen LogP contribution in [0.2, 0.25) is 0 Å². The summed E-state index contributed by atoms with van der Waals surface area (Å²) < 4.78 is 6.06. The van der Waals surface area contributed by atoms with E-state index >= 15 is 0 Å². The molecule has 0 heterocycles. The zero-order chi connectivity index (χ0) is 13.2. The van der Waals surface area contributed by atoms with Gasteiger partial charge < -0.3 is 10.5 Å². The molecule has 2 nitrogen and oxygen atoms in total. The standard InChI is InChI=1S/C15H23NOS/c1-15(2,3)18-10-14(16)11-5-4-6-13(9-11)17-12-7-8-12/h4-6,9,12,14H,7-8,10,16H2,1-3H3. The van der Waals surface area contributed by atoms with Crippen LogP contribution in [0.5, 0.6) is 5.75 Å². The van der Waals surface area contributed by atoms with Gasteiger partial charge in [-0.3, -0.25) is 0 Å². The van der Waals surface area contributed by atoms with Crippen molar-refractivity contribution in [2.75, 3.05) is 5.75 Å². The maximum Gasteiger partial charge on any atom is 0.120 e. The van der Waals surface area contributed by atoms with Gasteiger partial charge in [-0.25, -0.2) is 0 Å². The van der Waals surface area contributed by atoms with E-state index in [0.717, 1.165) is 11.5 Å². The second kappa shape index (κ2) is 5.54. The molecule has 0 saturated heterocycles. The zero-order valence-electron chi connectivity index (χ0n) is 11.5. The van der Waals surface area contributed by atoms with Crippen LogP contribution in [0.1, 0.15) is 45.2 Å². The molecule has 0 aromatic heterocycles. The highest BCUT2D eigenvalue weighted by molar-refractivity contribution is 8.00. The molecule has 1 fully saturated rings. The van der Waals surface area contributed by atoms with E-state index in [1.807, 2.05) is 23.9 Å². The Morgan fingerprint density at radius 3 is 2.72 bits per heavy atom. The van der Waals surface area contributed by atoms with Gasteiger partial charge >= 0.3 is 0 Å². The summed E-state index contributed by atoms with van der Waals surface area (Å²) in [4.78, 5) is 0. The van der Waals surface area contributed by atoms with E-state index in [4.69, 9.17) is 10.5 Å². The minimum absolute atomic E-state index is 0.0805. The van der Waals surface area contributed by atoms with Crippen molar-refractivity contribution >= 4 is 11.8 Å². The second-order valence-corrected chi connectivity index (χ2v) is 7.77. The highest BCUT2D eigenvalue weighted by atomic mass is 32.2. The normalized spacial score (nSPS) is 17.6. The number of thioether (sulfide) groups is 1. The average Bonchev–Trinajstić information content (AvgIpc) is 3.09. The highest BCUT2D eigenvalue weighted by Gasteiger charge is 2.23. The Bertz CT molecular complexity index is 396. The van der Waals surface area contributed by atoms with Crippen molar-refractivity contribution in [2.24, 2.45) is 5.73 Å². The van der Waals surface area contributed by atoms with Gasteiger partial charge in [-0.15, -0.1) is 0 Å². The van der Waals surface area contributed by atoms with E-state index in [-0.39, 0.29) is 10.8 Å². The molecular formula is C15H23NOS. The number of rotatable bonds is 5. The fourth-order valence-corrected chi connectivity index (χ4v) is 2.50. The van der Waals surface area contributed by atoms with Crippen molar-refractivity contribution in [2.45, 2.75) is 50.5 Å². The quantitative estimate of drug-likeness (QED) is 0.880. The summed E-state index contributed by atoms with van der Waals surface area (Å²) in [6, 6.07) is 8.32. The van der Waals surface area contributed by atoms with Gasteiger partial charge in [0, 0.05) is 16.5 Å². The van der Waals surface area contributed by atoms with Crippen LogP contribution < -0.4 is 10.5 Å². The minimum Gasteiger partial charge on any atom is -0.490 e. The Hall–Kier alpha value is -0.670. The fourth-order valence-electron chi connectivity index (χ4n) is 1.63. The van der Waals surface area contributed by atoms with E-state index < -0.39 is 0 Å². The summed E-state index contributed by atoms with van der Waals surface area (Å²) in [5, 5.41) is 0. The Morgan fingerprint density at radius 2 is 2.11 bits per heavy atom. The molecule has 0 spiro atoms. The fraction of sp³-hybridized carbons (Fsp3) is 0.600. The molecule has 0 radical (unpaired) electrons. The van der Waals surface area contributed by atoms with Crippen LogP contribution in [-0.2, 0) is 0 Å². The number of hydrogen-bond donors (Lipinski definition) is 1. The zero-order valence-corrected chi connectivity index (χ0v) is 12.3. The third-order valence-corrected chi connectivity index (χ3v) is 4.20. The molecule has 1 aromatic rings. The lowest BCUT2D eigenvalue weighted by Gasteiger charge is -2.21. The molecule has 1 aromatic carbocycles. The van der Waals surface area contributed by atoms with Crippen LogP contribution in [0.4, 0.5) is 0 Å². The smallest absolute Gasteiger partial charge is 0.120 e. The molecule has 1 aliphatic carbocycles. The van der Waals surface area contributed by atoms with E-state index in [0.29, 0.717) is 6.10 Å². The van der Waals surface area contributed by atoms with Gasteiger partial charge in [0.25, 0.3) is 0 Å². The van der Waals surface area contributed by atoms with Gasteiger partial charge in [0.05, 0.1) is 6.10 Å². The van der Waals surface area contributed by atoms with Crippen LogP contribution in [0, 0.1) is 0 Å². The first-order chi connectivity index (χ1) is 8.44. The highest BCUT2D eigenvalue weighted by Crippen LogP contribution is 2.30. The molecule has 100 valence electrons. The summed E-state index contributed by atoms with van der Waals surface area (Å²) in [5.41, 5.74) is 7.41. The van der Waals surface area contributed by atoms with E-state index in [1.165, 1.54) is 18.4 Å². The summed E-state index contributed by atoms with van der Waals surface area (Å²) in [7, 11) is 0. The first-order valence-corrected chi connectivity index (χ1v) is 7.59. The summed E-state index contributed by atoms with van der Waals surface area (Å²) in [5.74, 6) is 1.90. The summed E-state index contributed by atoms with van der Waals surface area (Å²) >= 11 is 1.90. The first kappa shape index (κ1) is 13.8. The molecule has 1 saturated carbocycles.